The van der Waals surface area contributed by atoms with E-state index in [1.54, 1.807) is 11.3 Å². The van der Waals surface area contributed by atoms with Crippen molar-refractivity contribution in [3.8, 4) is 22.8 Å². The highest BCUT2D eigenvalue weighted by molar-refractivity contribution is 7.07. The van der Waals surface area contributed by atoms with Crippen LogP contribution in [0.1, 0.15) is 26.3 Å². The van der Waals surface area contributed by atoms with E-state index >= 15 is 0 Å². The van der Waals surface area contributed by atoms with E-state index in [1.165, 1.54) is 0 Å². The third-order valence-electron chi connectivity index (χ3n) is 4.23. The molecule has 0 saturated heterocycles. The van der Waals surface area contributed by atoms with Gasteiger partial charge in [0.15, 0.2) is 11.5 Å². The van der Waals surface area contributed by atoms with E-state index in [9.17, 15) is 0 Å². The lowest BCUT2D eigenvalue weighted by molar-refractivity contribution is 0.174. The Kier molecular flexibility index (Phi) is 5.24. The molecule has 0 N–H and O–H groups in total. The van der Waals surface area contributed by atoms with Crippen LogP contribution in [0.3, 0.4) is 0 Å². The standard InChI is InChI=1S/C21H20ClN3O2S/c1-13(2)23-21-25(18(11-28-21)15-4-7-17(22)8-5-15)24-14(3)16-6-9-19-20(10-16)27-12-26-19/h4-11,13H,12H2,1-3H3/b23-21?,24-14-. The van der Waals surface area contributed by atoms with Crippen molar-refractivity contribution >= 4 is 28.6 Å². The topological polar surface area (TPSA) is 48.1 Å². The van der Waals surface area contributed by atoms with Gasteiger partial charge in [-0.15, -0.1) is 11.3 Å². The van der Waals surface area contributed by atoms with Gasteiger partial charge in [0.1, 0.15) is 0 Å². The van der Waals surface area contributed by atoms with E-state index in [2.05, 4.69) is 19.2 Å². The van der Waals surface area contributed by atoms with Crippen molar-refractivity contribution < 1.29 is 9.47 Å². The fourth-order valence-electron chi connectivity index (χ4n) is 2.85. The van der Waals surface area contributed by atoms with Gasteiger partial charge in [-0.1, -0.05) is 23.7 Å². The molecule has 1 aliphatic heterocycles. The lowest BCUT2D eigenvalue weighted by Crippen LogP contribution is -2.16. The van der Waals surface area contributed by atoms with Crippen LogP contribution in [0.25, 0.3) is 11.3 Å². The Labute approximate surface area is 172 Å². The van der Waals surface area contributed by atoms with Gasteiger partial charge < -0.3 is 9.47 Å². The lowest BCUT2D eigenvalue weighted by atomic mass is 10.1. The summed E-state index contributed by atoms with van der Waals surface area (Å²) in [5.41, 5.74) is 3.84. The minimum Gasteiger partial charge on any atom is -0.454 e. The molecule has 28 heavy (non-hydrogen) atoms. The van der Waals surface area contributed by atoms with Crippen molar-refractivity contribution in [2.75, 3.05) is 6.79 Å². The zero-order valence-electron chi connectivity index (χ0n) is 15.8. The van der Waals surface area contributed by atoms with E-state index in [1.807, 2.05) is 54.1 Å². The summed E-state index contributed by atoms with van der Waals surface area (Å²) < 4.78 is 12.8. The molecule has 7 heteroatoms. The van der Waals surface area contributed by atoms with Crippen molar-refractivity contribution in [1.82, 2.24) is 4.68 Å². The highest BCUT2D eigenvalue weighted by Crippen LogP contribution is 2.32. The van der Waals surface area contributed by atoms with Crippen molar-refractivity contribution in [2.45, 2.75) is 26.8 Å². The average molecular weight is 414 g/mol. The van der Waals surface area contributed by atoms with E-state index in [0.29, 0.717) is 5.02 Å². The number of aromatic nitrogens is 1. The monoisotopic (exact) mass is 413 g/mol. The number of hydrogen-bond donors (Lipinski definition) is 0. The average Bonchev–Trinajstić information content (AvgIpc) is 3.29. The molecule has 3 aromatic rings. The molecule has 0 spiro atoms. The molecule has 0 bridgehead atoms. The SMILES string of the molecule is C/C(=N/n1c(-c2ccc(Cl)cc2)csc1=NC(C)C)c1ccc2c(c1)OCO2. The Balaban J connectivity index is 1.82. The maximum Gasteiger partial charge on any atom is 0.231 e. The molecule has 0 atom stereocenters. The Bertz CT molecular complexity index is 1100. The summed E-state index contributed by atoms with van der Waals surface area (Å²) in [6.45, 7) is 6.35. The van der Waals surface area contributed by atoms with Crippen LogP contribution in [0.15, 0.2) is 57.9 Å². The van der Waals surface area contributed by atoms with Crippen LogP contribution in [-0.2, 0) is 0 Å². The van der Waals surface area contributed by atoms with Gasteiger partial charge in [-0.3, -0.25) is 4.99 Å². The van der Waals surface area contributed by atoms with Crippen LogP contribution in [0, 0.1) is 0 Å². The normalized spacial score (nSPS) is 14.2. The predicted molar refractivity (Wildman–Crippen MR) is 114 cm³/mol. The molecule has 1 aromatic heterocycles. The summed E-state index contributed by atoms with van der Waals surface area (Å²) in [5.74, 6) is 1.50. The summed E-state index contributed by atoms with van der Waals surface area (Å²) in [7, 11) is 0. The number of hydrogen-bond acceptors (Lipinski definition) is 5. The van der Waals surface area contributed by atoms with Crippen molar-refractivity contribution in [2.24, 2.45) is 10.1 Å². The number of rotatable bonds is 4. The fourth-order valence-corrected chi connectivity index (χ4v) is 3.94. The summed E-state index contributed by atoms with van der Waals surface area (Å²) in [4.78, 5) is 5.58. The Morgan fingerprint density at radius 1 is 1.11 bits per heavy atom. The van der Waals surface area contributed by atoms with Gasteiger partial charge in [-0.2, -0.15) is 5.10 Å². The lowest BCUT2D eigenvalue weighted by Gasteiger charge is -2.07. The third-order valence-corrected chi connectivity index (χ3v) is 5.32. The molecule has 0 amide bonds. The predicted octanol–water partition coefficient (Wildman–Crippen LogP) is 5.18. The van der Waals surface area contributed by atoms with Crippen LogP contribution in [0.2, 0.25) is 5.02 Å². The van der Waals surface area contributed by atoms with Crippen LogP contribution in [0.5, 0.6) is 11.5 Å². The van der Waals surface area contributed by atoms with Gasteiger partial charge in [-0.25, -0.2) is 4.68 Å². The number of halogens is 1. The number of thiazole rings is 1. The van der Waals surface area contributed by atoms with Crippen LogP contribution in [-0.4, -0.2) is 23.2 Å². The van der Waals surface area contributed by atoms with Gasteiger partial charge in [0.25, 0.3) is 0 Å². The largest absolute Gasteiger partial charge is 0.454 e. The zero-order valence-corrected chi connectivity index (χ0v) is 17.4. The number of ether oxygens (including phenoxy) is 2. The summed E-state index contributed by atoms with van der Waals surface area (Å²) in [5, 5.41) is 7.66. The first kappa shape index (κ1) is 18.8. The zero-order chi connectivity index (χ0) is 19.7. The molecular formula is C21H20ClN3O2S. The van der Waals surface area contributed by atoms with E-state index in [4.69, 9.17) is 31.2 Å². The molecule has 0 aliphatic carbocycles. The van der Waals surface area contributed by atoms with Crippen LogP contribution < -0.4 is 14.3 Å². The summed E-state index contributed by atoms with van der Waals surface area (Å²) in [6.07, 6.45) is 0. The second-order valence-corrected chi connectivity index (χ2v) is 7.97. The van der Waals surface area contributed by atoms with E-state index in [-0.39, 0.29) is 12.8 Å². The molecule has 0 fully saturated rings. The van der Waals surface area contributed by atoms with E-state index in [0.717, 1.165) is 38.8 Å². The molecule has 144 valence electrons. The maximum absolute atomic E-state index is 6.05. The molecule has 0 unspecified atom stereocenters. The van der Waals surface area contributed by atoms with Crippen molar-refractivity contribution in [3.05, 3.63) is 63.2 Å². The minimum atomic E-state index is 0.170. The first-order chi connectivity index (χ1) is 13.5. The highest BCUT2D eigenvalue weighted by Gasteiger charge is 2.15. The Morgan fingerprint density at radius 2 is 1.86 bits per heavy atom. The van der Waals surface area contributed by atoms with Crippen molar-refractivity contribution in [1.29, 1.82) is 0 Å². The molecule has 1 aliphatic rings. The molecule has 0 radical (unpaired) electrons. The van der Waals surface area contributed by atoms with Gasteiger partial charge >= 0.3 is 0 Å². The second kappa shape index (κ2) is 7.81. The first-order valence-electron chi connectivity index (χ1n) is 8.97. The number of benzene rings is 2. The highest BCUT2D eigenvalue weighted by atomic mass is 35.5. The fraction of sp³-hybridized carbons (Fsp3) is 0.238. The quantitative estimate of drug-likeness (QED) is 0.553. The van der Waals surface area contributed by atoms with Crippen molar-refractivity contribution in [3.63, 3.8) is 0 Å². The second-order valence-electron chi connectivity index (χ2n) is 6.70. The van der Waals surface area contributed by atoms with Gasteiger partial charge in [0.2, 0.25) is 11.6 Å². The molecule has 2 heterocycles. The molecule has 0 saturated carbocycles. The number of nitrogens with zero attached hydrogens (tertiary/aromatic N) is 3. The molecule has 2 aromatic carbocycles. The summed E-state index contributed by atoms with van der Waals surface area (Å²) >= 11 is 7.62. The minimum absolute atomic E-state index is 0.170. The van der Waals surface area contributed by atoms with Gasteiger partial charge in [0.05, 0.1) is 11.4 Å². The van der Waals surface area contributed by atoms with Gasteiger partial charge in [-0.05, 0) is 51.1 Å². The molecule has 5 nitrogen and oxygen atoms in total. The van der Waals surface area contributed by atoms with Crippen LogP contribution in [0.4, 0.5) is 0 Å². The molecular weight excluding hydrogens is 394 g/mol. The summed E-state index contributed by atoms with van der Waals surface area (Å²) in [6, 6.07) is 13.8. The Hall–Kier alpha value is -2.57. The third kappa shape index (κ3) is 3.84. The van der Waals surface area contributed by atoms with Gasteiger partial charge in [0, 0.05) is 27.6 Å². The van der Waals surface area contributed by atoms with E-state index < -0.39 is 0 Å². The number of fused-ring (bicyclic) bond motifs is 1. The first-order valence-corrected chi connectivity index (χ1v) is 10.2. The maximum atomic E-state index is 6.05. The molecule has 4 rings (SSSR count). The smallest absolute Gasteiger partial charge is 0.231 e. The Morgan fingerprint density at radius 3 is 2.61 bits per heavy atom. The van der Waals surface area contributed by atoms with Crippen LogP contribution >= 0.6 is 22.9 Å².